The molecule has 0 saturated carbocycles. The first kappa shape index (κ1) is 15.9. The molecule has 0 aromatic heterocycles. The number of sulfonamides is 1. The van der Waals surface area contributed by atoms with Crippen LogP contribution in [0.25, 0.3) is 0 Å². The maximum atomic E-state index is 12.5. The summed E-state index contributed by atoms with van der Waals surface area (Å²) >= 11 is 0. The van der Waals surface area contributed by atoms with E-state index in [2.05, 4.69) is 11.8 Å². The molecular formula is C14H20N2O4S. The summed E-state index contributed by atoms with van der Waals surface area (Å²) in [6.07, 6.45) is -0.102. The molecule has 116 valence electrons. The molecule has 7 heteroatoms. The first-order chi connectivity index (χ1) is 9.93. The van der Waals surface area contributed by atoms with Gasteiger partial charge in [0.15, 0.2) is 0 Å². The number of aliphatic carboxylic acids is 1. The van der Waals surface area contributed by atoms with Crippen molar-refractivity contribution in [2.75, 3.05) is 32.7 Å². The largest absolute Gasteiger partial charge is 0.481 e. The van der Waals surface area contributed by atoms with Crippen molar-refractivity contribution >= 4 is 16.0 Å². The maximum Gasteiger partial charge on any atom is 0.307 e. The Bertz CT molecular complexity index is 590. The normalized spacial score (nSPS) is 17.8. The van der Waals surface area contributed by atoms with Crippen LogP contribution in [0.1, 0.15) is 12.5 Å². The monoisotopic (exact) mass is 312 g/mol. The average Bonchev–Trinajstić information content (AvgIpc) is 2.47. The second kappa shape index (κ2) is 6.55. The summed E-state index contributed by atoms with van der Waals surface area (Å²) in [5.41, 5.74) is 0.595. The molecule has 0 unspecified atom stereocenters. The van der Waals surface area contributed by atoms with Crippen LogP contribution in [0.4, 0.5) is 0 Å². The molecule has 0 aliphatic carbocycles. The third-order valence-electron chi connectivity index (χ3n) is 3.69. The van der Waals surface area contributed by atoms with Crippen LogP contribution < -0.4 is 0 Å². The minimum absolute atomic E-state index is 0.102. The quantitative estimate of drug-likeness (QED) is 0.863. The van der Waals surface area contributed by atoms with Gasteiger partial charge >= 0.3 is 5.97 Å². The van der Waals surface area contributed by atoms with Crippen molar-refractivity contribution in [2.45, 2.75) is 18.2 Å². The lowest BCUT2D eigenvalue weighted by Crippen LogP contribution is -2.48. The lowest BCUT2D eigenvalue weighted by atomic mass is 10.2. The van der Waals surface area contributed by atoms with Crippen LogP contribution in [0.15, 0.2) is 29.2 Å². The predicted molar refractivity (Wildman–Crippen MR) is 78.7 cm³/mol. The van der Waals surface area contributed by atoms with Gasteiger partial charge in [-0.2, -0.15) is 4.31 Å². The summed E-state index contributed by atoms with van der Waals surface area (Å²) in [5.74, 6) is -0.929. The molecule has 6 nitrogen and oxygen atoms in total. The fourth-order valence-corrected chi connectivity index (χ4v) is 3.81. The fraction of sp³-hybridized carbons (Fsp3) is 0.500. The molecule has 2 rings (SSSR count). The number of carbonyl (C=O) groups is 1. The van der Waals surface area contributed by atoms with Crippen molar-refractivity contribution in [3.05, 3.63) is 29.8 Å². The average molecular weight is 312 g/mol. The van der Waals surface area contributed by atoms with E-state index in [0.29, 0.717) is 18.7 Å². The van der Waals surface area contributed by atoms with Crippen molar-refractivity contribution in [3.63, 3.8) is 0 Å². The van der Waals surface area contributed by atoms with Crippen LogP contribution in [0.2, 0.25) is 0 Å². The van der Waals surface area contributed by atoms with E-state index in [-0.39, 0.29) is 11.3 Å². The zero-order valence-corrected chi connectivity index (χ0v) is 12.8. The summed E-state index contributed by atoms with van der Waals surface area (Å²) in [4.78, 5) is 13.1. The zero-order valence-electron chi connectivity index (χ0n) is 12.0. The van der Waals surface area contributed by atoms with Gasteiger partial charge in [0, 0.05) is 26.2 Å². The molecule has 1 aromatic rings. The lowest BCUT2D eigenvalue weighted by Gasteiger charge is -2.33. The number of hydrogen-bond donors (Lipinski definition) is 1. The SMILES string of the molecule is CCN1CCN(S(=O)(=O)c2ccc(CC(=O)O)cc2)CC1. The molecule has 1 heterocycles. The summed E-state index contributed by atoms with van der Waals surface area (Å²) in [5, 5.41) is 8.72. The molecule has 1 aliphatic heterocycles. The van der Waals surface area contributed by atoms with E-state index in [1.807, 2.05) is 0 Å². The van der Waals surface area contributed by atoms with Gasteiger partial charge in [-0.3, -0.25) is 4.79 Å². The number of likely N-dealkylation sites (N-methyl/N-ethyl adjacent to an activating group) is 1. The minimum Gasteiger partial charge on any atom is -0.481 e. The van der Waals surface area contributed by atoms with Crippen molar-refractivity contribution in [1.29, 1.82) is 0 Å². The maximum absolute atomic E-state index is 12.5. The Morgan fingerprint density at radius 1 is 1.14 bits per heavy atom. The molecule has 0 radical (unpaired) electrons. The van der Waals surface area contributed by atoms with Gasteiger partial charge in [0.1, 0.15) is 0 Å². The van der Waals surface area contributed by atoms with Gasteiger partial charge in [-0.05, 0) is 24.2 Å². The van der Waals surface area contributed by atoms with Crippen molar-refractivity contribution in [1.82, 2.24) is 9.21 Å². The summed E-state index contributed by atoms with van der Waals surface area (Å²) in [6.45, 7) is 5.46. The minimum atomic E-state index is -3.48. The number of piperazine rings is 1. The van der Waals surface area contributed by atoms with Gasteiger partial charge in [-0.1, -0.05) is 19.1 Å². The standard InChI is InChI=1S/C14H20N2O4S/c1-2-15-7-9-16(10-8-15)21(19,20)13-5-3-12(4-6-13)11-14(17)18/h3-6H,2,7-11H2,1H3,(H,17,18). The highest BCUT2D eigenvalue weighted by Crippen LogP contribution is 2.18. The highest BCUT2D eigenvalue weighted by atomic mass is 32.2. The third-order valence-corrected chi connectivity index (χ3v) is 5.61. The van der Waals surface area contributed by atoms with Crippen LogP contribution >= 0.6 is 0 Å². The molecule has 1 aromatic carbocycles. The Morgan fingerprint density at radius 3 is 2.19 bits per heavy atom. The van der Waals surface area contributed by atoms with E-state index in [1.54, 1.807) is 12.1 Å². The van der Waals surface area contributed by atoms with Crippen LogP contribution in [0.3, 0.4) is 0 Å². The van der Waals surface area contributed by atoms with Crippen LogP contribution in [0.5, 0.6) is 0 Å². The number of benzene rings is 1. The number of carboxylic acid groups (broad SMARTS) is 1. The number of hydrogen-bond acceptors (Lipinski definition) is 4. The van der Waals surface area contributed by atoms with E-state index in [1.165, 1.54) is 16.4 Å². The van der Waals surface area contributed by atoms with E-state index < -0.39 is 16.0 Å². The fourth-order valence-electron chi connectivity index (χ4n) is 2.39. The summed E-state index contributed by atoms with van der Waals surface area (Å²) in [6, 6.07) is 6.09. The molecule has 1 saturated heterocycles. The van der Waals surface area contributed by atoms with Gasteiger partial charge in [-0.15, -0.1) is 0 Å². The van der Waals surface area contributed by atoms with E-state index in [9.17, 15) is 13.2 Å². The van der Waals surface area contributed by atoms with E-state index in [0.717, 1.165) is 19.6 Å². The van der Waals surface area contributed by atoms with Crippen molar-refractivity contribution < 1.29 is 18.3 Å². The Hall–Kier alpha value is -1.44. The molecule has 0 amide bonds. The van der Waals surface area contributed by atoms with Gasteiger partial charge in [0.2, 0.25) is 10.0 Å². The van der Waals surface area contributed by atoms with Gasteiger partial charge in [-0.25, -0.2) is 8.42 Å². The van der Waals surface area contributed by atoms with Gasteiger partial charge in [0.05, 0.1) is 11.3 Å². The molecule has 0 atom stereocenters. The van der Waals surface area contributed by atoms with Crippen molar-refractivity contribution in [3.8, 4) is 0 Å². The third kappa shape index (κ3) is 3.81. The molecule has 0 bridgehead atoms. The molecule has 1 N–H and O–H groups in total. The Balaban J connectivity index is 2.11. The van der Waals surface area contributed by atoms with E-state index >= 15 is 0 Å². The van der Waals surface area contributed by atoms with Crippen molar-refractivity contribution in [2.24, 2.45) is 0 Å². The van der Waals surface area contributed by atoms with Crippen LogP contribution in [-0.4, -0.2) is 61.4 Å². The highest BCUT2D eigenvalue weighted by Gasteiger charge is 2.27. The first-order valence-corrected chi connectivity index (χ1v) is 8.40. The Kier molecular flexibility index (Phi) is 4.97. The highest BCUT2D eigenvalue weighted by molar-refractivity contribution is 7.89. The predicted octanol–water partition coefficient (Wildman–Crippen LogP) is 0.640. The molecular weight excluding hydrogens is 292 g/mol. The van der Waals surface area contributed by atoms with E-state index in [4.69, 9.17) is 5.11 Å². The van der Waals surface area contributed by atoms with Gasteiger partial charge < -0.3 is 10.0 Å². The second-order valence-corrected chi connectivity index (χ2v) is 6.99. The summed E-state index contributed by atoms with van der Waals surface area (Å²) in [7, 11) is -3.48. The molecule has 1 fully saturated rings. The van der Waals surface area contributed by atoms with Crippen LogP contribution in [-0.2, 0) is 21.2 Å². The Morgan fingerprint density at radius 2 is 1.71 bits per heavy atom. The topological polar surface area (TPSA) is 77.9 Å². The number of rotatable bonds is 5. The zero-order chi connectivity index (χ0) is 15.5. The molecule has 1 aliphatic rings. The molecule has 0 spiro atoms. The second-order valence-electron chi connectivity index (χ2n) is 5.05. The smallest absolute Gasteiger partial charge is 0.307 e. The molecule has 21 heavy (non-hydrogen) atoms. The number of nitrogens with zero attached hydrogens (tertiary/aromatic N) is 2. The van der Waals surface area contributed by atoms with Crippen LogP contribution in [0, 0.1) is 0 Å². The van der Waals surface area contributed by atoms with Gasteiger partial charge in [0.25, 0.3) is 0 Å². The number of carboxylic acids is 1. The lowest BCUT2D eigenvalue weighted by molar-refractivity contribution is -0.136. The summed E-state index contributed by atoms with van der Waals surface area (Å²) < 4.78 is 26.5. The Labute approximate surface area is 125 Å². The first-order valence-electron chi connectivity index (χ1n) is 6.96.